The molecule has 3 aromatic rings. The Morgan fingerprint density at radius 1 is 0.833 bits per heavy atom. The van der Waals surface area contributed by atoms with Crippen LogP contribution in [0, 0.1) is 0 Å². The summed E-state index contributed by atoms with van der Waals surface area (Å²) in [5.41, 5.74) is 0.851. The van der Waals surface area contributed by atoms with Gasteiger partial charge in [-0.15, -0.1) is 0 Å². The van der Waals surface area contributed by atoms with Crippen molar-refractivity contribution in [1.29, 1.82) is 0 Å². The first kappa shape index (κ1) is 19.8. The topological polar surface area (TPSA) is 96.4 Å². The lowest BCUT2D eigenvalue weighted by Crippen LogP contribution is -2.31. The minimum atomic E-state index is -3.88. The molecule has 2 heterocycles. The normalized spacial score (nSPS) is 14.4. The second-order valence-corrected chi connectivity index (χ2v) is 8.38. The molecule has 0 spiro atoms. The number of nitrogens with zero attached hydrogens (tertiary/aromatic N) is 2. The van der Waals surface area contributed by atoms with E-state index in [9.17, 15) is 18.0 Å². The van der Waals surface area contributed by atoms with Gasteiger partial charge in [-0.2, -0.15) is 0 Å². The third kappa shape index (κ3) is 3.58. The molecule has 0 saturated carbocycles. The molecule has 0 saturated heterocycles. The number of anilines is 2. The monoisotopic (exact) mass is 439 g/mol. The van der Waals surface area contributed by atoms with Crippen LogP contribution >= 0.6 is 11.6 Å². The van der Waals surface area contributed by atoms with Gasteiger partial charge in [0.2, 0.25) is 0 Å². The summed E-state index contributed by atoms with van der Waals surface area (Å²) in [5.74, 6) is -1.06. The zero-order chi connectivity index (χ0) is 21.3. The van der Waals surface area contributed by atoms with Crippen molar-refractivity contribution in [1.82, 2.24) is 4.98 Å². The Hall–Kier alpha value is -3.49. The molecule has 1 aliphatic rings. The summed E-state index contributed by atoms with van der Waals surface area (Å²) in [5, 5.41) is -0.181. The Morgan fingerprint density at radius 3 is 2.13 bits per heavy atom. The van der Waals surface area contributed by atoms with Gasteiger partial charge in [0.05, 0.1) is 16.2 Å². The van der Waals surface area contributed by atoms with E-state index in [0.717, 1.165) is 4.90 Å². The highest BCUT2D eigenvalue weighted by Gasteiger charge is 2.39. The number of carbonyl (C=O) groups excluding carboxylic acids is 2. The highest BCUT2D eigenvalue weighted by Crippen LogP contribution is 2.35. The average molecular weight is 440 g/mol. The van der Waals surface area contributed by atoms with E-state index in [1.807, 2.05) is 0 Å². The molecule has 2 aromatic carbocycles. The number of hydrogen-bond acceptors (Lipinski definition) is 5. The molecule has 2 amide bonds. The van der Waals surface area contributed by atoms with Crippen molar-refractivity contribution in [2.24, 2.45) is 0 Å². The van der Waals surface area contributed by atoms with E-state index < -0.39 is 21.8 Å². The number of amides is 2. The third-order valence-electron chi connectivity index (χ3n) is 4.40. The molecule has 1 N–H and O–H groups in total. The van der Waals surface area contributed by atoms with E-state index in [1.165, 1.54) is 36.5 Å². The van der Waals surface area contributed by atoms with Crippen molar-refractivity contribution >= 4 is 50.5 Å². The Bertz CT molecular complexity index is 1260. The first-order valence-corrected chi connectivity index (χ1v) is 10.6. The van der Waals surface area contributed by atoms with E-state index >= 15 is 0 Å². The summed E-state index contributed by atoms with van der Waals surface area (Å²) < 4.78 is 27.4. The van der Waals surface area contributed by atoms with Crippen molar-refractivity contribution in [3.63, 3.8) is 0 Å². The highest BCUT2D eigenvalue weighted by molar-refractivity contribution is 7.92. The Kier molecular flexibility index (Phi) is 5.11. The molecule has 7 nitrogen and oxygen atoms in total. The van der Waals surface area contributed by atoms with E-state index in [1.54, 1.807) is 42.5 Å². The lowest BCUT2D eigenvalue weighted by atomic mass is 10.1. The van der Waals surface area contributed by atoms with Crippen LogP contribution < -0.4 is 9.62 Å². The van der Waals surface area contributed by atoms with Gasteiger partial charge in [0.15, 0.2) is 0 Å². The van der Waals surface area contributed by atoms with Gasteiger partial charge in [0, 0.05) is 6.20 Å². The van der Waals surface area contributed by atoms with Gasteiger partial charge < -0.3 is 0 Å². The maximum Gasteiger partial charge on any atom is 0.277 e. The molecule has 1 aliphatic heterocycles. The lowest BCUT2D eigenvalue weighted by molar-refractivity contribution is -0.119. The molecule has 4 rings (SSSR count). The molecule has 0 aliphatic carbocycles. The number of hydrogen-bond donors (Lipinski definition) is 1. The fraction of sp³-hybridized carbons (Fsp3) is 0. The van der Waals surface area contributed by atoms with Crippen LogP contribution in [0.1, 0.15) is 5.56 Å². The maximum atomic E-state index is 12.9. The van der Waals surface area contributed by atoms with Crippen LogP contribution in [0.25, 0.3) is 5.57 Å². The SMILES string of the molecule is O=C1C(Cl)=C(c2ccccc2)C(=O)N1c1ccc(S(=O)(=O)Nc2ccccn2)cc1. The number of rotatable bonds is 5. The first-order chi connectivity index (χ1) is 14.4. The van der Waals surface area contributed by atoms with Gasteiger partial charge >= 0.3 is 0 Å². The zero-order valence-corrected chi connectivity index (χ0v) is 16.9. The number of nitrogens with one attached hydrogen (secondary N) is 1. The van der Waals surface area contributed by atoms with Gasteiger partial charge in [-0.1, -0.05) is 48.0 Å². The summed E-state index contributed by atoms with van der Waals surface area (Å²) >= 11 is 6.15. The van der Waals surface area contributed by atoms with E-state index in [4.69, 9.17) is 11.6 Å². The van der Waals surface area contributed by atoms with E-state index in [2.05, 4.69) is 9.71 Å². The van der Waals surface area contributed by atoms with Crippen LogP contribution in [0.4, 0.5) is 11.5 Å². The van der Waals surface area contributed by atoms with Gasteiger partial charge in [0.25, 0.3) is 21.8 Å². The zero-order valence-electron chi connectivity index (χ0n) is 15.3. The number of aromatic nitrogens is 1. The summed E-state index contributed by atoms with van der Waals surface area (Å²) in [6.45, 7) is 0. The Balaban J connectivity index is 1.61. The molecule has 150 valence electrons. The lowest BCUT2D eigenvalue weighted by Gasteiger charge is -2.15. The second-order valence-electron chi connectivity index (χ2n) is 6.32. The second kappa shape index (κ2) is 7.74. The molecule has 0 unspecified atom stereocenters. The van der Waals surface area contributed by atoms with Gasteiger partial charge in [-0.3, -0.25) is 14.3 Å². The van der Waals surface area contributed by atoms with Crippen LogP contribution in [0.15, 0.2) is 88.9 Å². The maximum absolute atomic E-state index is 12.9. The van der Waals surface area contributed by atoms with Crippen LogP contribution in [0.3, 0.4) is 0 Å². The number of benzene rings is 2. The predicted molar refractivity (Wildman–Crippen MR) is 113 cm³/mol. The third-order valence-corrected chi connectivity index (χ3v) is 6.12. The molecule has 1 aromatic heterocycles. The molecule has 30 heavy (non-hydrogen) atoms. The van der Waals surface area contributed by atoms with Crippen LogP contribution in [-0.2, 0) is 19.6 Å². The standard InChI is InChI=1S/C21H14ClN3O4S/c22-19-18(14-6-2-1-3-7-14)20(26)25(21(19)27)15-9-11-16(12-10-15)30(28,29)24-17-8-4-5-13-23-17/h1-13H,(H,23,24). The summed E-state index contributed by atoms with van der Waals surface area (Å²) in [7, 11) is -3.88. The van der Waals surface area contributed by atoms with Crippen molar-refractivity contribution in [2.75, 3.05) is 9.62 Å². The number of pyridine rings is 1. The van der Waals surface area contributed by atoms with Gasteiger partial charge in [0.1, 0.15) is 10.9 Å². The molecule has 0 atom stereocenters. The van der Waals surface area contributed by atoms with E-state index in [0.29, 0.717) is 5.56 Å². The smallest absolute Gasteiger partial charge is 0.268 e. The minimum Gasteiger partial charge on any atom is -0.268 e. The largest absolute Gasteiger partial charge is 0.277 e. The number of halogens is 1. The average Bonchev–Trinajstić information content (AvgIpc) is 2.97. The molecular formula is C21H14ClN3O4S. The fourth-order valence-corrected chi connectivity index (χ4v) is 4.27. The molecule has 0 bridgehead atoms. The molecule has 0 fully saturated rings. The fourth-order valence-electron chi connectivity index (χ4n) is 2.99. The molecular weight excluding hydrogens is 426 g/mol. The quantitative estimate of drug-likeness (QED) is 0.614. The van der Waals surface area contributed by atoms with Crippen molar-refractivity contribution in [3.8, 4) is 0 Å². The Morgan fingerprint density at radius 2 is 1.50 bits per heavy atom. The highest BCUT2D eigenvalue weighted by atomic mass is 35.5. The summed E-state index contributed by atoms with van der Waals surface area (Å²) in [4.78, 5) is 30.3. The minimum absolute atomic E-state index is 0.0432. The predicted octanol–water partition coefficient (Wildman–Crippen LogP) is 3.41. The first-order valence-electron chi connectivity index (χ1n) is 8.76. The Labute approximate surface area is 177 Å². The summed E-state index contributed by atoms with van der Waals surface area (Å²) in [6.07, 6.45) is 1.46. The molecule has 0 radical (unpaired) electrons. The van der Waals surface area contributed by atoms with Crippen LogP contribution in [0.5, 0.6) is 0 Å². The van der Waals surface area contributed by atoms with Gasteiger partial charge in [-0.25, -0.2) is 18.3 Å². The number of sulfonamides is 1. The van der Waals surface area contributed by atoms with E-state index in [-0.39, 0.29) is 27.0 Å². The number of carbonyl (C=O) groups is 2. The van der Waals surface area contributed by atoms with Crippen molar-refractivity contribution < 1.29 is 18.0 Å². The van der Waals surface area contributed by atoms with Gasteiger partial charge in [-0.05, 0) is 42.0 Å². The molecule has 9 heteroatoms. The van der Waals surface area contributed by atoms with Crippen LogP contribution in [-0.4, -0.2) is 25.2 Å². The van der Waals surface area contributed by atoms with Crippen LogP contribution in [0.2, 0.25) is 0 Å². The summed E-state index contributed by atoms with van der Waals surface area (Å²) in [6, 6.07) is 18.8. The van der Waals surface area contributed by atoms with Crippen molar-refractivity contribution in [3.05, 3.63) is 89.6 Å². The van der Waals surface area contributed by atoms with Crippen molar-refractivity contribution in [2.45, 2.75) is 4.90 Å². The number of imide groups is 1.